The van der Waals surface area contributed by atoms with E-state index in [1.807, 2.05) is 0 Å². The molecule has 2 aliphatic heterocycles. The normalized spacial score (nSPS) is 28.4. The standard InChI is InChI=1S/C12H20N4OS/c1-8-6-15-5-3-4-9(15)7-16(8)12-10(17-2)11(13)14-18-12/h8-9H,3-7H2,1-2H3,(H2,13,14). The lowest BCUT2D eigenvalue weighted by atomic mass is 10.1. The topological polar surface area (TPSA) is 54.6 Å². The van der Waals surface area contributed by atoms with Crippen LogP contribution in [0.5, 0.6) is 5.75 Å². The molecule has 3 heterocycles. The van der Waals surface area contributed by atoms with E-state index in [9.17, 15) is 0 Å². The van der Waals surface area contributed by atoms with Crippen molar-refractivity contribution in [2.75, 3.05) is 37.4 Å². The number of rotatable bonds is 2. The van der Waals surface area contributed by atoms with Crippen molar-refractivity contribution in [2.24, 2.45) is 0 Å². The fourth-order valence-corrected chi connectivity index (χ4v) is 4.03. The van der Waals surface area contributed by atoms with E-state index in [0.717, 1.165) is 23.8 Å². The lowest BCUT2D eigenvalue weighted by molar-refractivity contribution is 0.203. The number of ether oxygens (including phenoxy) is 1. The monoisotopic (exact) mass is 268 g/mol. The van der Waals surface area contributed by atoms with Gasteiger partial charge in [-0.1, -0.05) is 0 Å². The van der Waals surface area contributed by atoms with Crippen molar-refractivity contribution < 1.29 is 4.74 Å². The van der Waals surface area contributed by atoms with Crippen molar-refractivity contribution in [3.63, 3.8) is 0 Å². The van der Waals surface area contributed by atoms with Gasteiger partial charge in [0.1, 0.15) is 0 Å². The van der Waals surface area contributed by atoms with E-state index in [1.165, 1.54) is 30.9 Å². The molecule has 2 unspecified atom stereocenters. The Morgan fingerprint density at radius 1 is 1.44 bits per heavy atom. The van der Waals surface area contributed by atoms with E-state index >= 15 is 0 Å². The van der Waals surface area contributed by atoms with Crippen molar-refractivity contribution in [1.82, 2.24) is 9.27 Å². The minimum absolute atomic E-state index is 0.494. The fourth-order valence-electron chi connectivity index (χ4n) is 3.13. The van der Waals surface area contributed by atoms with Crippen LogP contribution in [0.2, 0.25) is 0 Å². The van der Waals surface area contributed by atoms with Crippen LogP contribution < -0.4 is 15.4 Å². The maximum absolute atomic E-state index is 5.85. The maximum Gasteiger partial charge on any atom is 0.197 e. The summed E-state index contributed by atoms with van der Waals surface area (Å²) in [6, 6.07) is 1.18. The molecule has 2 atom stereocenters. The lowest BCUT2D eigenvalue weighted by Crippen LogP contribution is -2.55. The van der Waals surface area contributed by atoms with Crippen LogP contribution in [0.1, 0.15) is 19.8 Å². The molecule has 0 bridgehead atoms. The van der Waals surface area contributed by atoms with Crippen LogP contribution in [0.4, 0.5) is 10.8 Å². The molecule has 5 nitrogen and oxygen atoms in total. The smallest absolute Gasteiger partial charge is 0.197 e. The van der Waals surface area contributed by atoms with Gasteiger partial charge in [0.05, 0.1) is 7.11 Å². The van der Waals surface area contributed by atoms with Gasteiger partial charge in [-0.05, 0) is 37.8 Å². The second-order valence-electron chi connectivity index (χ2n) is 5.20. The van der Waals surface area contributed by atoms with E-state index in [1.54, 1.807) is 7.11 Å². The molecule has 0 aliphatic carbocycles. The molecule has 18 heavy (non-hydrogen) atoms. The third-order valence-electron chi connectivity index (χ3n) is 4.06. The molecule has 2 fully saturated rings. The van der Waals surface area contributed by atoms with E-state index in [0.29, 0.717) is 17.9 Å². The second kappa shape index (κ2) is 4.59. The molecular formula is C12H20N4OS. The summed E-state index contributed by atoms with van der Waals surface area (Å²) in [6.45, 7) is 5.72. The lowest BCUT2D eigenvalue weighted by Gasteiger charge is -2.42. The van der Waals surface area contributed by atoms with Crippen LogP contribution in [-0.4, -0.2) is 48.1 Å². The number of nitrogens with two attached hydrogens (primary N) is 1. The first-order valence-corrected chi connectivity index (χ1v) is 7.28. The Balaban J connectivity index is 1.86. The number of anilines is 2. The van der Waals surface area contributed by atoms with E-state index < -0.39 is 0 Å². The quantitative estimate of drug-likeness (QED) is 0.879. The zero-order valence-corrected chi connectivity index (χ0v) is 11.7. The van der Waals surface area contributed by atoms with Crippen LogP contribution in [-0.2, 0) is 0 Å². The van der Waals surface area contributed by atoms with Crippen LogP contribution in [0.25, 0.3) is 0 Å². The molecule has 0 saturated carbocycles. The largest absolute Gasteiger partial charge is 0.490 e. The van der Waals surface area contributed by atoms with Gasteiger partial charge in [-0.3, -0.25) is 4.90 Å². The highest BCUT2D eigenvalue weighted by Gasteiger charge is 2.36. The van der Waals surface area contributed by atoms with Gasteiger partial charge in [-0.2, -0.15) is 4.37 Å². The van der Waals surface area contributed by atoms with Crippen LogP contribution in [0.15, 0.2) is 0 Å². The summed E-state index contributed by atoms with van der Waals surface area (Å²) in [5, 5.41) is 1.09. The number of hydrogen-bond acceptors (Lipinski definition) is 6. The van der Waals surface area contributed by atoms with Crippen molar-refractivity contribution in [1.29, 1.82) is 0 Å². The highest BCUT2D eigenvalue weighted by atomic mass is 32.1. The molecule has 3 rings (SSSR count). The van der Waals surface area contributed by atoms with E-state index in [4.69, 9.17) is 10.5 Å². The molecule has 0 radical (unpaired) electrons. The number of aromatic nitrogens is 1. The van der Waals surface area contributed by atoms with Gasteiger partial charge in [0.15, 0.2) is 16.6 Å². The molecule has 1 aromatic heterocycles. The number of methoxy groups -OCH3 is 1. The van der Waals surface area contributed by atoms with Gasteiger partial charge >= 0.3 is 0 Å². The minimum atomic E-state index is 0.494. The van der Waals surface area contributed by atoms with Gasteiger partial charge in [0.25, 0.3) is 0 Å². The average Bonchev–Trinajstić information content (AvgIpc) is 2.93. The average molecular weight is 268 g/mol. The van der Waals surface area contributed by atoms with Crippen LogP contribution in [0, 0.1) is 0 Å². The summed E-state index contributed by atoms with van der Waals surface area (Å²) < 4.78 is 9.62. The van der Waals surface area contributed by atoms with Crippen molar-refractivity contribution >= 4 is 22.4 Å². The summed E-state index contributed by atoms with van der Waals surface area (Å²) in [7, 11) is 1.67. The molecule has 2 aliphatic rings. The van der Waals surface area contributed by atoms with Gasteiger partial charge in [0, 0.05) is 25.2 Å². The first kappa shape index (κ1) is 12.0. The van der Waals surface area contributed by atoms with Gasteiger partial charge in [-0.25, -0.2) is 0 Å². The summed E-state index contributed by atoms with van der Waals surface area (Å²) in [5.41, 5.74) is 5.85. The Morgan fingerprint density at radius 3 is 3.06 bits per heavy atom. The Bertz CT molecular complexity index is 436. The molecule has 0 spiro atoms. The Labute approximate surface area is 112 Å². The predicted molar refractivity (Wildman–Crippen MR) is 74.5 cm³/mol. The summed E-state index contributed by atoms with van der Waals surface area (Å²) >= 11 is 1.45. The van der Waals surface area contributed by atoms with Crippen molar-refractivity contribution in [2.45, 2.75) is 31.8 Å². The molecule has 0 amide bonds. The number of nitrogens with zero attached hydrogens (tertiary/aromatic N) is 3. The van der Waals surface area contributed by atoms with Crippen molar-refractivity contribution in [3.8, 4) is 5.75 Å². The molecule has 2 saturated heterocycles. The fraction of sp³-hybridized carbons (Fsp3) is 0.750. The molecule has 100 valence electrons. The van der Waals surface area contributed by atoms with Crippen molar-refractivity contribution in [3.05, 3.63) is 0 Å². The molecule has 6 heteroatoms. The van der Waals surface area contributed by atoms with Gasteiger partial charge in [-0.15, -0.1) is 0 Å². The third kappa shape index (κ3) is 1.83. The molecular weight excluding hydrogens is 248 g/mol. The Morgan fingerprint density at radius 2 is 2.28 bits per heavy atom. The predicted octanol–water partition coefficient (Wildman–Crippen LogP) is 1.41. The number of piperazine rings is 1. The Kier molecular flexibility index (Phi) is 3.07. The summed E-state index contributed by atoms with van der Waals surface area (Å²) in [5.74, 6) is 1.26. The molecule has 1 aromatic rings. The number of hydrogen-bond donors (Lipinski definition) is 1. The minimum Gasteiger partial charge on any atom is -0.490 e. The Hall–Kier alpha value is -1.01. The summed E-state index contributed by atoms with van der Waals surface area (Å²) in [4.78, 5) is 5.03. The molecule has 0 aromatic carbocycles. The van der Waals surface area contributed by atoms with Crippen LogP contribution in [0.3, 0.4) is 0 Å². The first-order chi connectivity index (χ1) is 8.70. The maximum atomic E-state index is 5.85. The number of fused-ring (bicyclic) bond motifs is 1. The SMILES string of the molecule is COc1c(N)nsc1N1CC2CCCN2CC1C. The molecule has 2 N–H and O–H groups in total. The third-order valence-corrected chi connectivity index (χ3v) is 4.94. The van der Waals surface area contributed by atoms with E-state index in [-0.39, 0.29) is 0 Å². The first-order valence-electron chi connectivity index (χ1n) is 6.50. The van der Waals surface area contributed by atoms with Gasteiger partial charge < -0.3 is 15.4 Å². The van der Waals surface area contributed by atoms with Gasteiger partial charge in [0.2, 0.25) is 0 Å². The highest BCUT2D eigenvalue weighted by Crippen LogP contribution is 2.41. The second-order valence-corrected chi connectivity index (χ2v) is 5.95. The highest BCUT2D eigenvalue weighted by molar-refractivity contribution is 7.11. The number of nitrogen functional groups attached to an aromatic ring is 1. The summed E-state index contributed by atoms with van der Waals surface area (Å²) in [6.07, 6.45) is 2.63. The van der Waals surface area contributed by atoms with Crippen LogP contribution >= 0.6 is 11.5 Å². The van der Waals surface area contributed by atoms with E-state index in [2.05, 4.69) is 21.1 Å². The zero-order valence-electron chi connectivity index (χ0n) is 10.9. The zero-order chi connectivity index (χ0) is 12.7.